The molecule has 26 heavy (non-hydrogen) atoms. The van der Waals surface area contributed by atoms with Gasteiger partial charge in [0.2, 0.25) is 11.8 Å². The predicted octanol–water partition coefficient (Wildman–Crippen LogP) is 1.97. The highest BCUT2D eigenvalue weighted by molar-refractivity contribution is 5.86. The maximum atomic E-state index is 13.1. The molecule has 1 N–H and O–H groups in total. The number of likely N-dealkylation sites (tertiary alicyclic amines) is 2. The zero-order chi connectivity index (χ0) is 18.1. The maximum Gasteiger partial charge on any atom is 0.230 e. The van der Waals surface area contributed by atoms with Crippen molar-refractivity contribution in [2.75, 3.05) is 26.2 Å². The molecule has 1 aromatic rings. The van der Waals surface area contributed by atoms with Crippen LogP contribution < -0.4 is 0 Å². The summed E-state index contributed by atoms with van der Waals surface area (Å²) in [5.74, 6) is 1.11. The summed E-state index contributed by atoms with van der Waals surface area (Å²) >= 11 is 0. The van der Waals surface area contributed by atoms with Gasteiger partial charge in [-0.2, -0.15) is 0 Å². The van der Waals surface area contributed by atoms with E-state index < -0.39 is 0 Å². The monoisotopic (exact) mass is 356 g/mol. The first kappa shape index (κ1) is 17.5. The minimum absolute atomic E-state index is 0.0162. The Bertz CT molecular complexity index is 683. The van der Waals surface area contributed by atoms with E-state index in [9.17, 15) is 9.59 Å². The van der Waals surface area contributed by atoms with Crippen LogP contribution in [-0.4, -0.2) is 52.9 Å². The van der Waals surface area contributed by atoms with E-state index in [1.54, 1.807) is 0 Å². The molecule has 140 valence electrons. The molecule has 2 amide bonds. The van der Waals surface area contributed by atoms with Crippen LogP contribution in [0.4, 0.5) is 0 Å². The summed E-state index contributed by atoms with van der Waals surface area (Å²) in [5, 5.41) is 9.12. The summed E-state index contributed by atoms with van der Waals surface area (Å²) in [7, 11) is 0. The normalized spacial score (nSPS) is 26.0. The second kappa shape index (κ2) is 7.03. The molecule has 3 aliphatic rings. The molecule has 1 aliphatic carbocycles. The molecule has 0 radical (unpaired) electrons. The first-order chi connectivity index (χ1) is 12.6. The minimum atomic E-state index is -0.330. The van der Waals surface area contributed by atoms with E-state index >= 15 is 0 Å². The molecular weight excluding hydrogens is 328 g/mol. The third-order valence-corrected chi connectivity index (χ3v) is 6.27. The Morgan fingerprint density at radius 1 is 1.12 bits per heavy atom. The van der Waals surface area contributed by atoms with Gasteiger partial charge in [-0.25, -0.2) is 0 Å². The summed E-state index contributed by atoms with van der Waals surface area (Å²) < 4.78 is 0. The van der Waals surface area contributed by atoms with Gasteiger partial charge in [-0.05, 0) is 49.1 Å². The largest absolute Gasteiger partial charge is 0.392 e. The number of hydrogen-bond acceptors (Lipinski definition) is 3. The number of carbonyl (C=O) groups excluding carboxylic acids is 2. The van der Waals surface area contributed by atoms with E-state index in [4.69, 9.17) is 5.11 Å². The maximum absolute atomic E-state index is 13.1. The van der Waals surface area contributed by atoms with Crippen molar-refractivity contribution in [1.82, 2.24) is 9.80 Å². The third kappa shape index (κ3) is 3.50. The number of amides is 2. The van der Waals surface area contributed by atoms with Crippen LogP contribution in [0.5, 0.6) is 0 Å². The fourth-order valence-corrected chi connectivity index (χ4v) is 4.45. The molecule has 3 fully saturated rings. The standard InChI is InChI=1S/C21H28N2O3/c24-14-18-6-2-16(3-7-18)12-19(25)23-11-9-21(15-23)8-1-10-22(20(21)26)13-17-4-5-17/h2-3,6-7,17,24H,1,4-5,8-15H2/t21-/m0/s1. The molecule has 5 nitrogen and oxygen atoms in total. The van der Waals surface area contributed by atoms with Gasteiger partial charge in [0.05, 0.1) is 18.4 Å². The van der Waals surface area contributed by atoms with E-state index in [-0.39, 0.29) is 17.9 Å². The lowest BCUT2D eigenvalue weighted by Crippen LogP contribution is -2.51. The van der Waals surface area contributed by atoms with Gasteiger partial charge in [0.25, 0.3) is 0 Å². The molecule has 0 bridgehead atoms. The van der Waals surface area contributed by atoms with E-state index in [1.165, 1.54) is 12.8 Å². The lowest BCUT2D eigenvalue weighted by molar-refractivity contribution is -0.146. The third-order valence-electron chi connectivity index (χ3n) is 6.27. The number of benzene rings is 1. The topological polar surface area (TPSA) is 60.9 Å². The second-order valence-corrected chi connectivity index (χ2v) is 8.30. The summed E-state index contributed by atoms with van der Waals surface area (Å²) in [4.78, 5) is 29.8. The highest BCUT2D eigenvalue weighted by Crippen LogP contribution is 2.41. The van der Waals surface area contributed by atoms with E-state index in [0.29, 0.717) is 25.4 Å². The average molecular weight is 356 g/mol. The van der Waals surface area contributed by atoms with Gasteiger partial charge in [-0.3, -0.25) is 9.59 Å². The van der Waals surface area contributed by atoms with Crippen molar-refractivity contribution in [3.63, 3.8) is 0 Å². The number of rotatable bonds is 5. The van der Waals surface area contributed by atoms with Gasteiger partial charge >= 0.3 is 0 Å². The number of aliphatic hydroxyl groups excluding tert-OH is 1. The van der Waals surface area contributed by atoms with Gasteiger partial charge in [0, 0.05) is 26.2 Å². The van der Waals surface area contributed by atoms with Gasteiger partial charge in [0.1, 0.15) is 0 Å². The highest BCUT2D eigenvalue weighted by Gasteiger charge is 2.49. The Kier molecular flexibility index (Phi) is 4.74. The van der Waals surface area contributed by atoms with Crippen molar-refractivity contribution in [1.29, 1.82) is 0 Å². The van der Waals surface area contributed by atoms with Crippen molar-refractivity contribution in [3.8, 4) is 0 Å². The molecule has 1 atom stereocenters. The van der Waals surface area contributed by atoms with Gasteiger partial charge in [-0.15, -0.1) is 0 Å². The number of nitrogens with zero attached hydrogens (tertiary/aromatic N) is 2. The lowest BCUT2D eigenvalue weighted by atomic mass is 9.78. The zero-order valence-electron chi connectivity index (χ0n) is 15.3. The van der Waals surface area contributed by atoms with E-state index in [1.807, 2.05) is 29.2 Å². The second-order valence-electron chi connectivity index (χ2n) is 8.30. The first-order valence-electron chi connectivity index (χ1n) is 9.85. The van der Waals surface area contributed by atoms with Crippen LogP contribution in [0.25, 0.3) is 0 Å². The predicted molar refractivity (Wildman–Crippen MR) is 98.2 cm³/mol. The molecule has 1 saturated carbocycles. The van der Waals surface area contributed by atoms with Crippen LogP contribution in [0.3, 0.4) is 0 Å². The Morgan fingerprint density at radius 3 is 2.54 bits per heavy atom. The van der Waals surface area contributed by atoms with Gasteiger partial charge < -0.3 is 14.9 Å². The van der Waals surface area contributed by atoms with Crippen LogP contribution in [0.2, 0.25) is 0 Å². The van der Waals surface area contributed by atoms with Crippen LogP contribution in [-0.2, 0) is 22.6 Å². The molecule has 2 heterocycles. The number of piperidine rings is 1. The summed E-state index contributed by atoms with van der Waals surface area (Å²) in [5.41, 5.74) is 1.48. The minimum Gasteiger partial charge on any atom is -0.392 e. The Labute approximate surface area is 155 Å². The fourth-order valence-electron chi connectivity index (χ4n) is 4.45. The highest BCUT2D eigenvalue weighted by atomic mass is 16.3. The quantitative estimate of drug-likeness (QED) is 0.877. The molecule has 1 aromatic carbocycles. The van der Waals surface area contributed by atoms with Crippen molar-refractivity contribution < 1.29 is 14.7 Å². The van der Waals surface area contributed by atoms with Crippen molar-refractivity contribution in [3.05, 3.63) is 35.4 Å². The van der Waals surface area contributed by atoms with Crippen LogP contribution in [0.1, 0.15) is 43.2 Å². The smallest absolute Gasteiger partial charge is 0.230 e. The molecule has 0 aromatic heterocycles. The summed E-state index contributed by atoms with van der Waals surface area (Å²) in [6, 6.07) is 7.51. The molecule has 1 spiro atoms. The molecule has 2 saturated heterocycles. The number of hydrogen-bond donors (Lipinski definition) is 1. The molecule has 2 aliphatic heterocycles. The van der Waals surface area contributed by atoms with Crippen molar-refractivity contribution in [2.45, 2.75) is 45.1 Å². The number of aliphatic hydroxyl groups is 1. The Hall–Kier alpha value is -1.88. The first-order valence-corrected chi connectivity index (χ1v) is 9.85. The van der Waals surface area contributed by atoms with Crippen molar-refractivity contribution in [2.24, 2.45) is 11.3 Å². The SMILES string of the molecule is O=C(Cc1ccc(CO)cc1)N1CC[C@@]2(CCCN(CC3CC3)C2=O)C1. The van der Waals surface area contributed by atoms with Crippen LogP contribution >= 0.6 is 0 Å². The zero-order valence-corrected chi connectivity index (χ0v) is 15.3. The van der Waals surface area contributed by atoms with Gasteiger partial charge in [0.15, 0.2) is 0 Å². The summed E-state index contributed by atoms with van der Waals surface area (Å²) in [6.45, 7) is 3.10. The van der Waals surface area contributed by atoms with E-state index in [0.717, 1.165) is 49.4 Å². The molecular formula is C21H28N2O3. The van der Waals surface area contributed by atoms with Crippen LogP contribution in [0.15, 0.2) is 24.3 Å². The van der Waals surface area contributed by atoms with Gasteiger partial charge in [-0.1, -0.05) is 24.3 Å². The Morgan fingerprint density at radius 2 is 1.85 bits per heavy atom. The van der Waals surface area contributed by atoms with Crippen LogP contribution in [0, 0.1) is 11.3 Å². The average Bonchev–Trinajstić information content (AvgIpc) is 3.37. The van der Waals surface area contributed by atoms with Crippen molar-refractivity contribution >= 4 is 11.8 Å². The number of carbonyl (C=O) groups is 2. The molecule has 0 unspecified atom stereocenters. The molecule has 5 heteroatoms. The van der Waals surface area contributed by atoms with E-state index in [2.05, 4.69) is 4.90 Å². The fraction of sp³-hybridized carbons (Fsp3) is 0.619. The Balaban J connectivity index is 1.38. The summed E-state index contributed by atoms with van der Waals surface area (Å²) in [6.07, 6.45) is 5.67. The lowest BCUT2D eigenvalue weighted by Gasteiger charge is -2.39. The molecule has 4 rings (SSSR count).